The van der Waals surface area contributed by atoms with Gasteiger partial charge < -0.3 is 14.1 Å². The third kappa shape index (κ3) is 2.04. The smallest absolute Gasteiger partial charge is 0.358 e. The van der Waals surface area contributed by atoms with Crippen LogP contribution in [0.3, 0.4) is 0 Å². The monoisotopic (exact) mass is 275 g/mol. The van der Waals surface area contributed by atoms with Crippen LogP contribution in [-0.2, 0) is 7.05 Å². The molecule has 19 heavy (non-hydrogen) atoms. The molecule has 0 atom stereocenters. The van der Waals surface area contributed by atoms with Gasteiger partial charge in [-0.2, -0.15) is 0 Å². The third-order valence-electron chi connectivity index (χ3n) is 2.50. The van der Waals surface area contributed by atoms with Crippen LogP contribution < -0.4 is 0 Å². The van der Waals surface area contributed by atoms with E-state index >= 15 is 0 Å². The lowest BCUT2D eigenvalue weighted by Gasteiger charge is -1.91. The van der Waals surface area contributed by atoms with E-state index in [2.05, 4.69) is 9.97 Å². The molecule has 1 N–H and O–H groups in total. The minimum absolute atomic E-state index is 0.123. The zero-order valence-corrected chi connectivity index (χ0v) is 10.7. The van der Waals surface area contributed by atoms with E-state index in [1.807, 2.05) is 17.5 Å². The van der Waals surface area contributed by atoms with Gasteiger partial charge in [0.15, 0.2) is 11.5 Å². The Hall–Kier alpha value is -2.41. The number of carbonyl (C=O) groups is 1. The van der Waals surface area contributed by atoms with Gasteiger partial charge >= 0.3 is 5.97 Å². The van der Waals surface area contributed by atoms with Crippen LogP contribution in [0.25, 0.3) is 22.2 Å². The van der Waals surface area contributed by atoms with Crippen LogP contribution in [0.15, 0.2) is 34.5 Å². The summed E-state index contributed by atoms with van der Waals surface area (Å²) in [6, 6.07) is 3.68. The number of carboxylic acids is 1. The van der Waals surface area contributed by atoms with Gasteiger partial charge in [-0.25, -0.2) is 14.8 Å². The Balaban J connectivity index is 2.15. The van der Waals surface area contributed by atoms with Crippen molar-refractivity contribution < 1.29 is 14.3 Å². The Bertz CT molecular complexity index is 727. The number of carboxylic acid groups (broad SMARTS) is 1. The summed E-state index contributed by atoms with van der Waals surface area (Å²) in [5, 5.41) is 11.1. The number of aromatic carboxylic acids is 1. The van der Waals surface area contributed by atoms with E-state index in [1.54, 1.807) is 24.1 Å². The first-order valence-electron chi connectivity index (χ1n) is 5.41. The average molecular weight is 275 g/mol. The SMILES string of the molecule is Cn1cnc(-c2oc(-c3cccs3)nc2C(=O)O)c1. The first-order chi connectivity index (χ1) is 9.15. The summed E-state index contributed by atoms with van der Waals surface area (Å²) in [7, 11) is 1.80. The van der Waals surface area contributed by atoms with Crippen molar-refractivity contribution in [2.45, 2.75) is 0 Å². The van der Waals surface area contributed by atoms with Crippen molar-refractivity contribution in [2.24, 2.45) is 7.05 Å². The maximum Gasteiger partial charge on any atom is 0.358 e. The van der Waals surface area contributed by atoms with Crippen molar-refractivity contribution in [3.8, 4) is 22.2 Å². The van der Waals surface area contributed by atoms with Crippen LogP contribution in [0.5, 0.6) is 0 Å². The number of hydrogen-bond donors (Lipinski definition) is 1. The normalized spacial score (nSPS) is 10.8. The van der Waals surface area contributed by atoms with Crippen molar-refractivity contribution in [1.82, 2.24) is 14.5 Å². The maximum absolute atomic E-state index is 11.2. The average Bonchev–Trinajstić information content (AvgIpc) is 3.07. The first kappa shape index (κ1) is 11.7. The molecule has 3 aromatic heterocycles. The van der Waals surface area contributed by atoms with Gasteiger partial charge in [-0.1, -0.05) is 6.07 Å². The summed E-state index contributed by atoms with van der Waals surface area (Å²) < 4.78 is 7.28. The molecule has 0 fully saturated rings. The molecular weight excluding hydrogens is 266 g/mol. The molecule has 0 aliphatic carbocycles. The van der Waals surface area contributed by atoms with Crippen molar-refractivity contribution in [3.05, 3.63) is 35.7 Å². The molecule has 6 nitrogen and oxygen atoms in total. The number of thiophene rings is 1. The lowest BCUT2D eigenvalue weighted by atomic mass is 10.3. The van der Waals surface area contributed by atoms with Gasteiger partial charge in [0.25, 0.3) is 0 Å². The summed E-state index contributed by atoms with van der Waals surface area (Å²) in [4.78, 5) is 20.1. The van der Waals surface area contributed by atoms with Gasteiger partial charge in [-0.15, -0.1) is 11.3 Å². The molecule has 0 unspecified atom stereocenters. The second-order valence-corrected chi connectivity index (χ2v) is 4.85. The van der Waals surface area contributed by atoms with Gasteiger partial charge in [0, 0.05) is 13.2 Å². The lowest BCUT2D eigenvalue weighted by Crippen LogP contribution is -1.98. The molecule has 3 aromatic rings. The number of rotatable bonds is 3. The Labute approximate surface area is 112 Å². The number of aromatic nitrogens is 3. The van der Waals surface area contributed by atoms with Gasteiger partial charge in [0.1, 0.15) is 5.69 Å². The largest absolute Gasteiger partial charge is 0.476 e. The van der Waals surface area contributed by atoms with E-state index in [9.17, 15) is 9.90 Å². The summed E-state index contributed by atoms with van der Waals surface area (Å²) >= 11 is 1.44. The van der Waals surface area contributed by atoms with Gasteiger partial charge in [0.05, 0.1) is 11.2 Å². The van der Waals surface area contributed by atoms with Gasteiger partial charge in [0.2, 0.25) is 5.89 Å². The molecule has 7 heteroatoms. The Kier molecular flexibility index (Phi) is 2.68. The minimum atomic E-state index is -1.13. The minimum Gasteiger partial charge on any atom is -0.476 e. The quantitative estimate of drug-likeness (QED) is 0.794. The lowest BCUT2D eigenvalue weighted by molar-refractivity contribution is 0.0691. The highest BCUT2D eigenvalue weighted by Gasteiger charge is 2.23. The molecule has 0 saturated carbocycles. The molecule has 0 aliphatic heterocycles. The van der Waals surface area contributed by atoms with Crippen LogP contribution in [0.1, 0.15) is 10.5 Å². The fraction of sp³-hybridized carbons (Fsp3) is 0.0833. The van der Waals surface area contributed by atoms with E-state index in [1.165, 1.54) is 11.3 Å². The van der Waals surface area contributed by atoms with E-state index in [0.717, 1.165) is 4.88 Å². The summed E-state index contributed by atoms with van der Waals surface area (Å²) in [6.45, 7) is 0. The van der Waals surface area contributed by atoms with Crippen molar-refractivity contribution >= 4 is 17.3 Å². The standard InChI is InChI=1S/C12H9N3O3S/c1-15-5-7(13-6-15)10-9(12(16)17)14-11(18-10)8-3-2-4-19-8/h2-6H,1H3,(H,16,17). The fourth-order valence-electron chi connectivity index (χ4n) is 1.67. The van der Waals surface area contributed by atoms with Crippen LogP contribution in [0.4, 0.5) is 0 Å². The Morgan fingerprint density at radius 2 is 2.37 bits per heavy atom. The molecule has 0 spiro atoms. The van der Waals surface area contributed by atoms with E-state index in [-0.39, 0.29) is 11.5 Å². The summed E-state index contributed by atoms with van der Waals surface area (Å²) in [5.41, 5.74) is 0.331. The Morgan fingerprint density at radius 3 is 2.95 bits per heavy atom. The predicted octanol–water partition coefficient (Wildman–Crippen LogP) is 2.50. The second-order valence-electron chi connectivity index (χ2n) is 3.90. The maximum atomic E-state index is 11.2. The molecular formula is C12H9N3O3S. The van der Waals surface area contributed by atoms with Gasteiger partial charge in [-0.3, -0.25) is 0 Å². The van der Waals surface area contributed by atoms with Gasteiger partial charge in [-0.05, 0) is 11.4 Å². The highest BCUT2D eigenvalue weighted by atomic mass is 32.1. The number of nitrogens with zero attached hydrogens (tertiary/aromatic N) is 3. The molecule has 96 valence electrons. The molecule has 0 amide bonds. The summed E-state index contributed by atoms with van der Waals surface area (Å²) in [6.07, 6.45) is 3.26. The third-order valence-corrected chi connectivity index (χ3v) is 3.36. The van der Waals surface area contributed by atoms with Crippen LogP contribution in [-0.4, -0.2) is 25.6 Å². The fourth-order valence-corrected chi connectivity index (χ4v) is 2.32. The molecule has 0 aromatic carbocycles. The number of oxazole rings is 1. The number of imidazole rings is 1. The molecule has 0 bridgehead atoms. The predicted molar refractivity (Wildman–Crippen MR) is 69.0 cm³/mol. The first-order valence-corrected chi connectivity index (χ1v) is 6.29. The van der Waals surface area contributed by atoms with E-state index in [0.29, 0.717) is 11.6 Å². The van der Waals surface area contributed by atoms with Crippen LogP contribution in [0.2, 0.25) is 0 Å². The van der Waals surface area contributed by atoms with E-state index < -0.39 is 5.97 Å². The molecule has 0 aliphatic rings. The van der Waals surface area contributed by atoms with Crippen molar-refractivity contribution in [3.63, 3.8) is 0 Å². The number of hydrogen-bond acceptors (Lipinski definition) is 5. The van der Waals surface area contributed by atoms with Crippen LogP contribution >= 0.6 is 11.3 Å². The Morgan fingerprint density at radius 1 is 1.53 bits per heavy atom. The summed E-state index contributed by atoms with van der Waals surface area (Å²) in [5.74, 6) is -0.656. The zero-order valence-electron chi connectivity index (χ0n) is 9.90. The molecule has 0 saturated heterocycles. The zero-order chi connectivity index (χ0) is 13.4. The molecule has 3 rings (SSSR count). The highest BCUT2D eigenvalue weighted by molar-refractivity contribution is 7.13. The highest BCUT2D eigenvalue weighted by Crippen LogP contribution is 2.31. The second kappa shape index (κ2) is 4.36. The van der Waals surface area contributed by atoms with E-state index in [4.69, 9.17) is 4.42 Å². The topological polar surface area (TPSA) is 81.2 Å². The molecule has 0 radical (unpaired) electrons. The number of aryl methyl sites for hydroxylation is 1. The van der Waals surface area contributed by atoms with Crippen LogP contribution in [0, 0.1) is 0 Å². The van der Waals surface area contributed by atoms with Crippen molar-refractivity contribution in [1.29, 1.82) is 0 Å². The molecule has 3 heterocycles. The van der Waals surface area contributed by atoms with Crippen molar-refractivity contribution in [2.75, 3.05) is 0 Å².